The van der Waals surface area contributed by atoms with Crippen LogP contribution in [-0.4, -0.2) is 41.7 Å². The quantitative estimate of drug-likeness (QED) is 0.676. The van der Waals surface area contributed by atoms with Crippen LogP contribution < -0.4 is 5.32 Å². The van der Waals surface area contributed by atoms with Crippen molar-refractivity contribution in [2.45, 2.75) is 17.7 Å². The molecule has 3 aromatic rings. The first-order valence-corrected chi connectivity index (χ1v) is 11.3. The summed E-state index contributed by atoms with van der Waals surface area (Å²) in [5.41, 5.74) is 0.780. The number of piperidine rings is 1. The number of nitrogens with zero attached hydrogens (tertiary/aromatic N) is 3. The number of amides is 1. The van der Waals surface area contributed by atoms with Crippen LogP contribution in [0.4, 0.5) is 5.13 Å². The zero-order chi connectivity index (χ0) is 19.7. The maximum Gasteiger partial charge on any atom is 0.244 e. The summed E-state index contributed by atoms with van der Waals surface area (Å²) in [7, 11) is -3.58. The Morgan fingerprint density at radius 3 is 2.75 bits per heavy atom. The highest BCUT2D eigenvalue weighted by atomic mass is 35.5. The lowest BCUT2D eigenvalue weighted by molar-refractivity contribution is -0.120. The van der Waals surface area contributed by atoms with Crippen molar-refractivity contribution in [3.63, 3.8) is 0 Å². The van der Waals surface area contributed by atoms with E-state index in [1.54, 1.807) is 12.1 Å². The van der Waals surface area contributed by atoms with Gasteiger partial charge in [-0.15, -0.1) is 0 Å². The summed E-state index contributed by atoms with van der Waals surface area (Å²) in [4.78, 5) is 21.0. The number of benzene rings is 1. The van der Waals surface area contributed by atoms with Gasteiger partial charge in [-0.2, -0.15) is 4.31 Å². The molecule has 146 valence electrons. The van der Waals surface area contributed by atoms with E-state index >= 15 is 0 Å². The average Bonchev–Trinajstić information content (AvgIpc) is 3.10. The van der Waals surface area contributed by atoms with Crippen molar-refractivity contribution in [1.82, 2.24) is 14.3 Å². The van der Waals surface area contributed by atoms with Gasteiger partial charge < -0.3 is 5.32 Å². The summed E-state index contributed by atoms with van der Waals surface area (Å²) in [6.07, 6.45) is 3.79. The minimum Gasteiger partial charge on any atom is -0.302 e. The first-order chi connectivity index (χ1) is 13.4. The molecule has 28 heavy (non-hydrogen) atoms. The second-order valence-electron chi connectivity index (χ2n) is 6.49. The maximum atomic E-state index is 12.6. The Kier molecular flexibility index (Phi) is 5.33. The normalized spacial score (nSPS) is 16.3. The third-order valence-corrected chi connectivity index (χ3v) is 7.73. The fraction of sp³-hybridized carbons (Fsp3) is 0.278. The van der Waals surface area contributed by atoms with Crippen molar-refractivity contribution in [3.8, 4) is 0 Å². The minimum atomic E-state index is -3.58. The molecule has 4 rings (SSSR count). The third kappa shape index (κ3) is 3.88. The van der Waals surface area contributed by atoms with Gasteiger partial charge in [0.2, 0.25) is 15.9 Å². The molecule has 0 aliphatic carbocycles. The molecule has 7 nitrogen and oxygen atoms in total. The van der Waals surface area contributed by atoms with E-state index in [1.165, 1.54) is 34.1 Å². The van der Waals surface area contributed by atoms with Crippen molar-refractivity contribution >= 4 is 54.2 Å². The second-order valence-corrected chi connectivity index (χ2v) is 9.89. The van der Waals surface area contributed by atoms with E-state index in [-0.39, 0.29) is 16.7 Å². The fourth-order valence-electron chi connectivity index (χ4n) is 3.17. The number of hydrogen-bond donors (Lipinski definition) is 1. The lowest BCUT2D eigenvalue weighted by atomic mass is 9.97. The SMILES string of the molecule is O=C(Nc1nc2ccc(Cl)cc2s1)C1CCN(S(=O)(=O)c2cccnc2)CC1. The van der Waals surface area contributed by atoms with Crippen molar-refractivity contribution < 1.29 is 13.2 Å². The van der Waals surface area contributed by atoms with Gasteiger partial charge in [0.15, 0.2) is 5.13 Å². The van der Waals surface area contributed by atoms with E-state index in [1.807, 2.05) is 12.1 Å². The molecule has 1 N–H and O–H groups in total. The van der Waals surface area contributed by atoms with Crippen LogP contribution >= 0.6 is 22.9 Å². The summed E-state index contributed by atoms with van der Waals surface area (Å²) in [5.74, 6) is -0.389. The van der Waals surface area contributed by atoms with Crippen LogP contribution in [0.1, 0.15) is 12.8 Å². The van der Waals surface area contributed by atoms with Gasteiger partial charge >= 0.3 is 0 Å². The summed E-state index contributed by atoms with van der Waals surface area (Å²) < 4.78 is 27.6. The molecular weight excluding hydrogens is 420 g/mol. The highest BCUT2D eigenvalue weighted by molar-refractivity contribution is 7.89. The number of carbonyl (C=O) groups is 1. The average molecular weight is 437 g/mol. The zero-order valence-corrected chi connectivity index (χ0v) is 17.1. The van der Waals surface area contributed by atoms with Crippen LogP contribution in [0, 0.1) is 5.92 Å². The fourth-order valence-corrected chi connectivity index (χ4v) is 5.75. The highest BCUT2D eigenvalue weighted by Crippen LogP contribution is 2.30. The largest absolute Gasteiger partial charge is 0.302 e. The zero-order valence-electron chi connectivity index (χ0n) is 14.7. The van der Waals surface area contributed by atoms with Gasteiger partial charge in [0, 0.05) is 36.4 Å². The molecule has 1 amide bonds. The molecule has 10 heteroatoms. The van der Waals surface area contributed by atoms with Crippen LogP contribution in [0.2, 0.25) is 5.02 Å². The molecule has 1 aromatic carbocycles. The van der Waals surface area contributed by atoms with Crippen LogP contribution in [0.3, 0.4) is 0 Å². The number of pyridine rings is 1. The lowest BCUT2D eigenvalue weighted by Gasteiger charge is -2.30. The molecule has 3 heterocycles. The van der Waals surface area contributed by atoms with Gasteiger partial charge in [0.25, 0.3) is 0 Å². The summed E-state index contributed by atoms with van der Waals surface area (Å²) in [6.45, 7) is 0.593. The molecular formula is C18H17ClN4O3S2. The molecule has 0 bridgehead atoms. The Bertz CT molecular complexity index is 1110. The second kappa shape index (κ2) is 7.75. The Morgan fingerprint density at radius 2 is 2.04 bits per heavy atom. The molecule has 0 radical (unpaired) electrons. The predicted octanol–water partition coefficient (Wildman–Crippen LogP) is 3.38. The van der Waals surface area contributed by atoms with Crippen LogP contribution in [-0.2, 0) is 14.8 Å². The Hall–Kier alpha value is -2.07. The molecule has 0 saturated carbocycles. The number of halogens is 1. The number of nitrogens with one attached hydrogen (secondary N) is 1. The summed E-state index contributed by atoms with van der Waals surface area (Å²) in [5, 5.41) is 4.00. The first-order valence-electron chi connectivity index (χ1n) is 8.70. The number of carbonyl (C=O) groups excluding carboxylic acids is 1. The van der Waals surface area contributed by atoms with Crippen molar-refractivity contribution in [1.29, 1.82) is 0 Å². The Labute approximate surface area is 171 Å². The smallest absolute Gasteiger partial charge is 0.244 e. The van der Waals surface area contributed by atoms with Gasteiger partial charge in [-0.25, -0.2) is 13.4 Å². The summed E-state index contributed by atoms with van der Waals surface area (Å²) in [6, 6.07) is 8.50. The van der Waals surface area contributed by atoms with E-state index < -0.39 is 10.0 Å². The van der Waals surface area contributed by atoms with Gasteiger partial charge in [-0.1, -0.05) is 22.9 Å². The molecule has 1 fully saturated rings. The number of sulfonamides is 1. The molecule has 0 unspecified atom stereocenters. The van der Waals surface area contributed by atoms with Gasteiger partial charge in [0.1, 0.15) is 4.90 Å². The maximum absolute atomic E-state index is 12.6. The van der Waals surface area contributed by atoms with Crippen molar-refractivity contribution in [3.05, 3.63) is 47.7 Å². The van der Waals surface area contributed by atoms with E-state index in [9.17, 15) is 13.2 Å². The van der Waals surface area contributed by atoms with Gasteiger partial charge in [0.05, 0.1) is 10.2 Å². The van der Waals surface area contributed by atoms with Crippen LogP contribution in [0.25, 0.3) is 10.2 Å². The number of aromatic nitrogens is 2. The third-order valence-electron chi connectivity index (χ3n) is 4.68. The van der Waals surface area contributed by atoms with Gasteiger partial charge in [-0.05, 0) is 43.2 Å². The minimum absolute atomic E-state index is 0.136. The van der Waals surface area contributed by atoms with Crippen molar-refractivity contribution in [2.75, 3.05) is 18.4 Å². The summed E-state index contributed by atoms with van der Waals surface area (Å²) >= 11 is 7.35. The number of hydrogen-bond acceptors (Lipinski definition) is 6. The molecule has 1 saturated heterocycles. The molecule has 1 aliphatic heterocycles. The number of thiazole rings is 1. The molecule has 1 aliphatic rings. The standard InChI is InChI=1S/C18H17ClN4O3S2/c19-13-3-4-15-16(10-13)27-18(21-15)22-17(24)12-5-8-23(9-6-12)28(25,26)14-2-1-7-20-11-14/h1-4,7,10-12H,5-6,8-9H2,(H,21,22,24). The number of anilines is 1. The van der Waals surface area contributed by atoms with Gasteiger partial charge in [-0.3, -0.25) is 9.78 Å². The predicted molar refractivity (Wildman–Crippen MR) is 109 cm³/mol. The molecule has 0 spiro atoms. The van der Waals surface area contributed by atoms with E-state index in [2.05, 4.69) is 15.3 Å². The number of fused-ring (bicyclic) bond motifs is 1. The Balaban J connectivity index is 1.39. The monoisotopic (exact) mass is 436 g/mol. The van der Waals surface area contributed by atoms with Crippen LogP contribution in [0.5, 0.6) is 0 Å². The molecule has 0 atom stereocenters. The van der Waals surface area contributed by atoms with E-state index in [4.69, 9.17) is 11.6 Å². The van der Waals surface area contributed by atoms with Crippen LogP contribution in [0.15, 0.2) is 47.6 Å². The van der Waals surface area contributed by atoms with Crippen molar-refractivity contribution in [2.24, 2.45) is 5.92 Å². The Morgan fingerprint density at radius 1 is 1.25 bits per heavy atom. The first kappa shape index (κ1) is 19.3. The van der Waals surface area contributed by atoms with E-state index in [0.717, 1.165) is 10.2 Å². The molecule has 2 aromatic heterocycles. The lowest BCUT2D eigenvalue weighted by Crippen LogP contribution is -2.41. The number of rotatable bonds is 4. The topological polar surface area (TPSA) is 92.3 Å². The van der Waals surface area contributed by atoms with E-state index in [0.29, 0.717) is 36.1 Å². The highest BCUT2D eigenvalue weighted by Gasteiger charge is 2.32.